The lowest BCUT2D eigenvalue weighted by Crippen LogP contribution is -2.42. The van der Waals surface area contributed by atoms with Crippen molar-refractivity contribution in [2.45, 2.75) is 5.41 Å². The van der Waals surface area contributed by atoms with Gasteiger partial charge in [-0.25, -0.2) is 0 Å². The number of rotatable bonds is 6. The summed E-state index contributed by atoms with van der Waals surface area (Å²) in [5.41, 5.74) is 19.9. The molecular weight excluding hydrogens is 796 g/mol. The largest absolute Gasteiger partial charge is 0.310 e. The second-order valence-corrected chi connectivity index (χ2v) is 17.1. The third-order valence-electron chi connectivity index (χ3n) is 13.1. The first kappa shape index (κ1) is 37.8. The summed E-state index contributed by atoms with van der Waals surface area (Å²) in [4.78, 5) is 4.90. The summed E-state index contributed by atoms with van der Waals surface area (Å²) in [6.07, 6.45) is 0. The maximum atomic E-state index is 7.26. The molecule has 0 fully saturated rings. The van der Waals surface area contributed by atoms with E-state index in [0.717, 1.165) is 50.8 Å². The minimum atomic E-state index is -0.794. The molecule has 0 saturated carbocycles. The van der Waals surface area contributed by atoms with Gasteiger partial charge < -0.3 is 9.80 Å². The van der Waals surface area contributed by atoms with Crippen LogP contribution in [0.4, 0.5) is 34.1 Å². The van der Waals surface area contributed by atoms with Crippen LogP contribution in [-0.2, 0) is 5.41 Å². The fourth-order valence-electron chi connectivity index (χ4n) is 10.2. The molecular formula is C61H41ClN2. The number of nitrogens with zero attached hydrogens (tertiary/aromatic N) is 2. The van der Waals surface area contributed by atoms with E-state index in [-0.39, 0.29) is 0 Å². The van der Waals surface area contributed by atoms with Gasteiger partial charge in [0.05, 0.1) is 28.2 Å². The molecule has 1 spiro atoms. The minimum absolute atomic E-state index is 0.692. The van der Waals surface area contributed by atoms with Gasteiger partial charge in [0.25, 0.3) is 0 Å². The van der Waals surface area contributed by atoms with Gasteiger partial charge in [-0.1, -0.05) is 188 Å². The predicted octanol–water partition coefficient (Wildman–Crippen LogP) is 17.0. The maximum absolute atomic E-state index is 7.26. The highest BCUT2D eigenvalue weighted by molar-refractivity contribution is 6.30. The summed E-state index contributed by atoms with van der Waals surface area (Å²) in [6.45, 7) is 0. The molecule has 64 heavy (non-hydrogen) atoms. The molecule has 2 aliphatic heterocycles. The molecule has 0 amide bonds. The van der Waals surface area contributed by atoms with E-state index < -0.39 is 5.41 Å². The lowest BCUT2D eigenvalue weighted by molar-refractivity contribution is 0.719. The van der Waals surface area contributed by atoms with Gasteiger partial charge in [0.1, 0.15) is 0 Å². The second kappa shape index (κ2) is 15.5. The van der Waals surface area contributed by atoms with E-state index in [0.29, 0.717) is 5.02 Å². The van der Waals surface area contributed by atoms with Crippen LogP contribution in [0.5, 0.6) is 0 Å². The van der Waals surface area contributed by atoms with Gasteiger partial charge in [0.2, 0.25) is 0 Å². The fraction of sp³-hybridized carbons (Fsp3) is 0.0164. The molecule has 2 nitrogen and oxygen atoms in total. The fourth-order valence-corrected chi connectivity index (χ4v) is 10.4. The standard InChI is InChI=1S/C61H41ClN2/c62-50-31-38-60-56(41-50)61(53-23-13-14-24-57(53)63(60)51-32-25-46(26-33-51)42-15-5-1-6-16-42)54-39-48(44-19-9-3-10-20-44)29-36-58(54)64(52-34-27-47(28-35-52)43-17-7-2-8-18-43)59-37-30-49(40-55(59)61)45-21-11-4-12-22-45/h1-41H. The first-order valence-corrected chi connectivity index (χ1v) is 22.2. The van der Waals surface area contributed by atoms with Gasteiger partial charge in [0, 0.05) is 16.4 Å². The number of anilines is 6. The number of benzene rings is 10. The molecule has 10 aromatic carbocycles. The Balaban J connectivity index is 1.16. The van der Waals surface area contributed by atoms with Crippen molar-refractivity contribution in [2.24, 2.45) is 0 Å². The van der Waals surface area contributed by atoms with Gasteiger partial charge in [0.15, 0.2) is 0 Å². The lowest BCUT2D eigenvalue weighted by atomic mass is 9.59. The van der Waals surface area contributed by atoms with E-state index in [1.807, 2.05) is 6.07 Å². The van der Waals surface area contributed by atoms with E-state index in [1.54, 1.807) is 0 Å². The van der Waals surface area contributed by atoms with Crippen LogP contribution in [0.3, 0.4) is 0 Å². The van der Waals surface area contributed by atoms with Gasteiger partial charge in [-0.2, -0.15) is 0 Å². The summed E-state index contributed by atoms with van der Waals surface area (Å²) >= 11 is 7.26. The normalized spacial score (nSPS) is 13.1. The average molecular weight is 837 g/mol. The molecule has 3 heteroatoms. The van der Waals surface area contributed by atoms with Crippen LogP contribution < -0.4 is 9.80 Å². The molecule has 0 atom stereocenters. The molecule has 0 unspecified atom stereocenters. The average Bonchev–Trinajstić information content (AvgIpc) is 3.37. The Hall–Kier alpha value is -7.91. The van der Waals surface area contributed by atoms with E-state index in [2.05, 4.69) is 252 Å². The van der Waals surface area contributed by atoms with Gasteiger partial charge in [-0.05, 0) is 140 Å². The number of hydrogen-bond acceptors (Lipinski definition) is 2. The van der Waals surface area contributed by atoms with Crippen molar-refractivity contribution < 1.29 is 0 Å². The highest BCUT2D eigenvalue weighted by Crippen LogP contribution is 2.65. The Morgan fingerprint density at radius 2 is 0.562 bits per heavy atom. The zero-order chi connectivity index (χ0) is 42.6. The zero-order valence-corrected chi connectivity index (χ0v) is 35.7. The highest BCUT2D eigenvalue weighted by Gasteiger charge is 2.52. The molecule has 2 heterocycles. The Morgan fingerprint density at radius 3 is 1.00 bits per heavy atom. The van der Waals surface area contributed by atoms with E-state index in [4.69, 9.17) is 11.6 Å². The van der Waals surface area contributed by atoms with Crippen LogP contribution in [0.15, 0.2) is 249 Å². The van der Waals surface area contributed by atoms with Crippen LogP contribution in [-0.4, -0.2) is 0 Å². The molecule has 0 bridgehead atoms. The van der Waals surface area contributed by atoms with E-state index in [1.165, 1.54) is 50.1 Å². The second-order valence-electron chi connectivity index (χ2n) is 16.6. The highest BCUT2D eigenvalue weighted by atomic mass is 35.5. The maximum Gasteiger partial charge on any atom is 0.0783 e. The molecule has 0 aromatic heterocycles. The summed E-state index contributed by atoms with van der Waals surface area (Å²) in [5, 5.41) is 0.692. The van der Waals surface area contributed by atoms with Crippen molar-refractivity contribution in [3.05, 3.63) is 276 Å². The van der Waals surface area contributed by atoms with Gasteiger partial charge in [-0.3, -0.25) is 0 Å². The van der Waals surface area contributed by atoms with Crippen molar-refractivity contribution in [2.75, 3.05) is 9.80 Å². The number of fused-ring (bicyclic) bond motifs is 8. The zero-order valence-electron chi connectivity index (χ0n) is 34.9. The Labute approximate surface area is 379 Å². The lowest BCUT2D eigenvalue weighted by Gasteiger charge is -2.51. The van der Waals surface area contributed by atoms with Crippen molar-refractivity contribution >= 4 is 45.7 Å². The minimum Gasteiger partial charge on any atom is -0.310 e. The smallest absolute Gasteiger partial charge is 0.0783 e. The third kappa shape index (κ3) is 6.10. The Morgan fingerprint density at radius 1 is 0.250 bits per heavy atom. The van der Waals surface area contributed by atoms with Gasteiger partial charge >= 0.3 is 0 Å². The number of hydrogen-bond donors (Lipinski definition) is 0. The summed E-state index contributed by atoms with van der Waals surface area (Å²) in [5.74, 6) is 0. The predicted molar refractivity (Wildman–Crippen MR) is 268 cm³/mol. The molecule has 0 saturated heterocycles. The Bertz CT molecular complexity index is 3220. The summed E-state index contributed by atoms with van der Waals surface area (Å²) in [6, 6.07) is 90.3. The summed E-state index contributed by atoms with van der Waals surface area (Å²) < 4.78 is 0. The first-order valence-electron chi connectivity index (χ1n) is 21.9. The quantitative estimate of drug-likeness (QED) is 0.165. The number of para-hydroxylation sites is 1. The topological polar surface area (TPSA) is 6.48 Å². The van der Waals surface area contributed by atoms with E-state index in [9.17, 15) is 0 Å². The molecule has 0 aliphatic carbocycles. The van der Waals surface area contributed by atoms with Crippen LogP contribution in [0.2, 0.25) is 5.02 Å². The molecule has 302 valence electrons. The summed E-state index contributed by atoms with van der Waals surface area (Å²) in [7, 11) is 0. The third-order valence-corrected chi connectivity index (χ3v) is 13.3. The SMILES string of the molecule is Clc1ccc2c(c1)C1(c3ccccc3N2c2ccc(-c3ccccc3)cc2)c2cc(-c3ccccc3)ccc2N(c2ccc(-c3ccccc3)cc2)c2ccc(-c3ccccc3)cc21. The monoisotopic (exact) mass is 836 g/mol. The Kier molecular flexibility index (Phi) is 9.14. The molecule has 2 aliphatic rings. The molecule has 10 aromatic rings. The van der Waals surface area contributed by atoms with Crippen LogP contribution in [0.1, 0.15) is 22.3 Å². The molecule has 0 N–H and O–H groups in total. The van der Waals surface area contributed by atoms with Gasteiger partial charge in [-0.15, -0.1) is 0 Å². The van der Waals surface area contributed by atoms with Crippen molar-refractivity contribution in [1.29, 1.82) is 0 Å². The van der Waals surface area contributed by atoms with Crippen molar-refractivity contribution in [3.8, 4) is 44.5 Å². The molecule has 12 rings (SSSR count). The first-order chi connectivity index (χ1) is 31.6. The number of halogens is 1. The van der Waals surface area contributed by atoms with Crippen molar-refractivity contribution in [1.82, 2.24) is 0 Å². The van der Waals surface area contributed by atoms with Crippen molar-refractivity contribution in [3.63, 3.8) is 0 Å². The van der Waals surface area contributed by atoms with Crippen LogP contribution in [0, 0.1) is 0 Å². The molecule has 0 radical (unpaired) electrons. The van der Waals surface area contributed by atoms with Crippen LogP contribution >= 0.6 is 11.6 Å². The van der Waals surface area contributed by atoms with E-state index >= 15 is 0 Å². The van der Waals surface area contributed by atoms with Crippen LogP contribution in [0.25, 0.3) is 44.5 Å².